The third-order valence-corrected chi connectivity index (χ3v) is 3.61. The highest BCUT2D eigenvalue weighted by atomic mass is 79.9. The van der Waals surface area contributed by atoms with Gasteiger partial charge >= 0.3 is 0 Å². The Hall–Kier alpha value is -2.01. The predicted molar refractivity (Wildman–Crippen MR) is 79.5 cm³/mol. The number of carbonyl (C=O) groups is 1. The number of anilines is 1. The van der Waals surface area contributed by atoms with E-state index in [2.05, 4.69) is 21.2 Å². The fraction of sp³-hybridized carbons (Fsp3) is 0.133. The van der Waals surface area contributed by atoms with Gasteiger partial charge in [0.2, 0.25) is 0 Å². The van der Waals surface area contributed by atoms with Gasteiger partial charge in [0.25, 0.3) is 5.91 Å². The zero-order valence-corrected chi connectivity index (χ0v) is 12.1. The molecule has 2 aromatic carbocycles. The summed E-state index contributed by atoms with van der Waals surface area (Å²) in [4.78, 5) is 12.2. The Morgan fingerprint density at radius 2 is 1.80 bits per heavy atom. The molecule has 1 heterocycles. The van der Waals surface area contributed by atoms with E-state index in [1.807, 2.05) is 18.2 Å². The van der Waals surface area contributed by atoms with Gasteiger partial charge in [-0.05, 0) is 40.2 Å². The molecule has 20 heavy (non-hydrogen) atoms. The van der Waals surface area contributed by atoms with Gasteiger partial charge in [0.05, 0.1) is 5.56 Å². The van der Waals surface area contributed by atoms with E-state index in [0.717, 1.165) is 4.47 Å². The van der Waals surface area contributed by atoms with Gasteiger partial charge in [0.15, 0.2) is 11.5 Å². The summed E-state index contributed by atoms with van der Waals surface area (Å²) >= 11 is 3.36. The molecule has 0 radical (unpaired) electrons. The number of hydrogen-bond acceptors (Lipinski definition) is 3. The van der Waals surface area contributed by atoms with Crippen LogP contribution >= 0.6 is 15.9 Å². The van der Waals surface area contributed by atoms with Gasteiger partial charge in [0, 0.05) is 16.2 Å². The Labute approximate surface area is 124 Å². The lowest BCUT2D eigenvalue weighted by Gasteiger charge is -2.19. The fourth-order valence-corrected chi connectivity index (χ4v) is 2.43. The number of amides is 1. The molecule has 4 nitrogen and oxygen atoms in total. The SMILES string of the molecule is O=C(Nc1ccc2c(c1)OCCO2)c1ccccc1Br. The Bertz CT molecular complexity index is 657. The molecule has 0 spiro atoms. The molecule has 0 aliphatic carbocycles. The quantitative estimate of drug-likeness (QED) is 0.915. The number of hydrogen-bond donors (Lipinski definition) is 1. The normalized spacial score (nSPS) is 12.8. The molecule has 0 aromatic heterocycles. The first-order chi connectivity index (χ1) is 9.74. The molecule has 2 aromatic rings. The molecule has 0 bridgehead atoms. The van der Waals surface area contributed by atoms with Crippen LogP contribution in [0.2, 0.25) is 0 Å². The molecular formula is C15H12BrNO3. The van der Waals surface area contributed by atoms with Crippen molar-refractivity contribution in [3.63, 3.8) is 0 Å². The fourth-order valence-electron chi connectivity index (χ4n) is 1.96. The van der Waals surface area contributed by atoms with Crippen molar-refractivity contribution in [2.24, 2.45) is 0 Å². The van der Waals surface area contributed by atoms with E-state index in [1.165, 1.54) is 0 Å². The van der Waals surface area contributed by atoms with Crippen LogP contribution in [0.5, 0.6) is 11.5 Å². The zero-order chi connectivity index (χ0) is 13.9. The van der Waals surface area contributed by atoms with Crippen molar-refractivity contribution in [1.82, 2.24) is 0 Å². The molecule has 0 unspecified atom stereocenters. The number of carbonyl (C=O) groups excluding carboxylic acids is 1. The molecule has 0 saturated carbocycles. The number of rotatable bonds is 2. The van der Waals surface area contributed by atoms with Crippen molar-refractivity contribution >= 4 is 27.5 Å². The van der Waals surface area contributed by atoms with E-state index in [1.54, 1.807) is 24.3 Å². The lowest BCUT2D eigenvalue weighted by atomic mass is 10.2. The second kappa shape index (κ2) is 5.54. The van der Waals surface area contributed by atoms with Gasteiger partial charge in [-0.25, -0.2) is 0 Å². The van der Waals surface area contributed by atoms with Crippen LogP contribution in [-0.2, 0) is 0 Å². The maximum Gasteiger partial charge on any atom is 0.256 e. The summed E-state index contributed by atoms with van der Waals surface area (Å²) in [5.74, 6) is 1.19. The van der Waals surface area contributed by atoms with Crippen LogP contribution in [-0.4, -0.2) is 19.1 Å². The summed E-state index contributed by atoms with van der Waals surface area (Å²) < 4.78 is 11.7. The van der Waals surface area contributed by atoms with Gasteiger partial charge in [-0.2, -0.15) is 0 Å². The van der Waals surface area contributed by atoms with Crippen LogP contribution in [0.15, 0.2) is 46.9 Å². The van der Waals surface area contributed by atoms with Crippen molar-refractivity contribution in [2.75, 3.05) is 18.5 Å². The lowest BCUT2D eigenvalue weighted by molar-refractivity contribution is 0.102. The van der Waals surface area contributed by atoms with Crippen LogP contribution in [0, 0.1) is 0 Å². The van der Waals surface area contributed by atoms with E-state index in [4.69, 9.17) is 9.47 Å². The largest absolute Gasteiger partial charge is 0.486 e. The van der Waals surface area contributed by atoms with Crippen molar-refractivity contribution in [1.29, 1.82) is 0 Å². The van der Waals surface area contributed by atoms with Crippen molar-refractivity contribution in [2.45, 2.75) is 0 Å². The second-order valence-electron chi connectivity index (χ2n) is 4.29. The van der Waals surface area contributed by atoms with E-state index in [0.29, 0.717) is 36.0 Å². The highest BCUT2D eigenvalue weighted by Crippen LogP contribution is 2.32. The zero-order valence-electron chi connectivity index (χ0n) is 10.6. The van der Waals surface area contributed by atoms with Gasteiger partial charge in [0.1, 0.15) is 13.2 Å². The van der Waals surface area contributed by atoms with Crippen molar-refractivity contribution in [3.05, 3.63) is 52.5 Å². The van der Waals surface area contributed by atoms with Crippen molar-refractivity contribution in [3.8, 4) is 11.5 Å². The Balaban J connectivity index is 1.81. The molecular weight excluding hydrogens is 322 g/mol. The highest BCUT2D eigenvalue weighted by molar-refractivity contribution is 9.10. The minimum absolute atomic E-state index is 0.172. The summed E-state index contributed by atoms with van der Waals surface area (Å²) in [6, 6.07) is 12.6. The third kappa shape index (κ3) is 2.63. The van der Waals surface area contributed by atoms with Crippen LogP contribution in [0.4, 0.5) is 5.69 Å². The highest BCUT2D eigenvalue weighted by Gasteiger charge is 2.14. The van der Waals surface area contributed by atoms with Crippen LogP contribution in [0.25, 0.3) is 0 Å². The summed E-state index contributed by atoms with van der Waals surface area (Å²) in [6.45, 7) is 1.07. The maximum absolute atomic E-state index is 12.2. The number of fused-ring (bicyclic) bond motifs is 1. The standard InChI is InChI=1S/C15H12BrNO3/c16-12-4-2-1-3-11(12)15(18)17-10-5-6-13-14(9-10)20-8-7-19-13/h1-6,9H,7-8H2,(H,17,18). The average Bonchev–Trinajstić information content (AvgIpc) is 2.47. The number of nitrogens with one attached hydrogen (secondary N) is 1. The van der Waals surface area contributed by atoms with Gasteiger partial charge in [-0.15, -0.1) is 0 Å². The van der Waals surface area contributed by atoms with Crippen LogP contribution < -0.4 is 14.8 Å². The van der Waals surface area contributed by atoms with E-state index in [9.17, 15) is 4.79 Å². The Morgan fingerprint density at radius 1 is 1.05 bits per heavy atom. The Morgan fingerprint density at radius 3 is 2.60 bits per heavy atom. The first-order valence-electron chi connectivity index (χ1n) is 6.19. The monoisotopic (exact) mass is 333 g/mol. The topological polar surface area (TPSA) is 47.6 Å². The van der Waals surface area contributed by atoms with Gasteiger partial charge in [-0.3, -0.25) is 4.79 Å². The summed E-state index contributed by atoms with van der Waals surface area (Å²) in [5.41, 5.74) is 1.26. The molecule has 0 fully saturated rings. The minimum atomic E-state index is -0.172. The number of ether oxygens (including phenoxy) is 2. The van der Waals surface area contributed by atoms with E-state index in [-0.39, 0.29) is 5.91 Å². The first-order valence-corrected chi connectivity index (χ1v) is 6.99. The van der Waals surface area contributed by atoms with Crippen LogP contribution in [0.3, 0.4) is 0 Å². The maximum atomic E-state index is 12.2. The third-order valence-electron chi connectivity index (χ3n) is 2.92. The molecule has 1 aliphatic rings. The molecule has 102 valence electrons. The summed E-state index contributed by atoms with van der Waals surface area (Å²) in [6.07, 6.45) is 0. The van der Waals surface area contributed by atoms with E-state index < -0.39 is 0 Å². The number of benzene rings is 2. The summed E-state index contributed by atoms with van der Waals surface area (Å²) in [7, 11) is 0. The average molecular weight is 334 g/mol. The molecule has 0 saturated heterocycles. The van der Waals surface area contributed by atoms with Gasteiger partial charge < -0.3 is 14.8 Å². The Kier molecular flexibility index (Phi) is 3.60. The van der Waals surface area contributed by atoms with E-state index >= 15 is 0 Å². The van der Waals surface area contributed by atoms with Gasteiger partial charge in [-0.1, -0.05) is 12.1 Å². The first kappa shape index (κ1) is 13.0. The second-order valence-corrected chi connectivity index (χ2v) is 5.15. The molecule has 1 N–H and O–H groups in total. The molecule has 1 amide bonds. The van der Waals surface area contributed by atoms with Crippen LogP contribution in [0.1, 0.15) is 10.4 Å². The smallest absolute Gasteiger partial charge is 0.256 e. The lowest BCUT2D eigenvalue weighted by Crippen LogP contribution is -2.16. The molecule has 1 aliphatic heterocycles. The minimum Gasteiger partial charge on any atom is -0.486 e. The molecule has 5 heteroatoms. The number of halogens is 1. The molecule has 0 atom stereocenters. The van der Waals surface area contributed by atoms with Crippen molar-refractivity contribution < 1.29 is 14.3 Å². The predicted octanol–water partition coefficient (Wildman–Crippen LogP) is 3.47. The molecule has 3 rings (SSSR count). The summed E-state index contributed by atoms with van der Waals surface area (Å²) in [5, 5.41) is 2.84.